The van der Waals surface area contributed by atoms with Crippen LogP contribution in [0.1, 0.15) is 55.3 Å². The Hall–Kier alpha value is -1.85. The number of carbonyl (C=O) groups excluding carboxylic acids is 1. The van der Waals surface area contributed by atoms with Gasteiger partial charge in [-0.1, -0.05) is 19.0 Å². The highest BCUT2D eigenvalue weighted by Gasteiger charge is 2.29. The minimum Gasteiger partial charge on any atom is -0.480 e. The van der Waals surface area contributed by atoms with E-state index in [1.807, 2.05) is 13.8 Å². The van der Waals surface area contributed by atoms with E-state index in [1.165, 1.54) is 0 Å². The van der Waals surface area contributed by atoms with Crippen molar-refractivity contribution in [3.05, 3.63) is 17.5 Å². The van der Waals surface area contributed by atoms with Gasteiger partial charge >= 0.3 is 5.97 Å². The lowest BCUT2D eigenvalue weighted by Crippen LogP contribution is -2.41. The molecule has 0 bridgehead atoms. The Morgan fingerprint density at radius 3 is 2.74 bits per heavy atom. The minimum atomic E-state index is -1.04. The van der Waals surface area contributed by atoms with Crippen LogP contribution in [-0.4, -0.2) is 28.2 Å². The van der Waals surface area contributed by atoms with E-state index in [-0.39, 0.29) is 11.7 Å². The van der Waals surface area contributed by atoms with Crippen LogP contribution in [0, 0.1) is 5.92 Å². The molecule has 1 aromatic rings. The van der Waals surface area contributed by atoms with E-state index in [1.54, 1.807) is 6.07 Å². The molecule has 0 aliphatic heterocycles. The van der Waals surface area contributed by atoms with Crippen LogP contribution in [0.5, 0.6) is 0 Å². The maximum atomic E-state index is 11.9. The van der Waals surface area contributed by atoms with Gasteiger partial charge in [-0.2, -0.15) is 0 Å². The molecule has 0 radical (unpaired) electrons. The summed E-state index contributed by atoms with van der Waals surface area (Å²) in [6.07, 6.45) is 2.52. The third-order valence-corrected chi connectivity index (χ3v) is 3.06. The second kappa shape index (κ2) is 5.42. The van der Waals surface area contributed by atoms with Crippen LogP contribution in [0.15, 0.2) is 10.6 Å². The van der Waals surface area contributed by atoms with Gasteiger partial charge in [-0.3, -0.25) is 4.79 Å². The number of carbonyl (C=O) groups is 2. The molecule has 1 heterocycles. The number of nitrogens with zero attached hydrogens (tertiary/aromatic N) is 1. The number of aliphatic carboxylic acids is 1. The van der Waals surface area contributed by atoms with Gasteiger partial charge in [0.25, 0.3) is 5.91 Å². The Labute approximate surface area is 111 Å². The number of rotatable bonds is 6. The van der Waals surface area contributed by atoms with Gasteiger partial charge < -0.3 is 14.9 Å². The van der Waals surface area contributed by atoms with E-state index in [0.29, 0.717) is 12.3 Å². The van der Waals surface area contributed by atoms with Crippen LogP contribution in [0.4, 0.5) is 0 Å². The van der Waals surface area contributed by atoms with Crippen molar-refractivity contribution in [1.29, 1.82) is 0 Å². The Morgan fingerprint density at radius 2 is 2.21 bits per heavy atom. The number of carboxylic acid groups (broad SMARTS) is 1. The van der Waals surface area contributed by atoms with Gasteiger partial charge in [0.15, 0.2) is 0 Å². The molecule has 19 heavy (non-hydrogen) atoms. The molecule has 1 aliphatic rings. The second-order valence-corrected chi connectivity index (χ2v) is 5.38. The van der Waals surface area contributed by atoms with Crippen LogP contribution in [0.3, 0.4) is 0 Å². The van der Waals surface area contributed by atoms with Gasteiger partial charge in [0.1, 0.15) is 6.04 Å². The maximum Gasteiger partial charge on any atom is 0.326 e. The summed E-state index contributed by atoms with van der Waals surface area (Å²) in [6.45, 7) is 3.81. The van der Waals surface area contributed by atoms with Crippen molar-refractivity contribution in [2.45, 2.75) is 45.1 Å². The number of hydrogen-bond acceptors (Lipinski definition) is 4. The van der Waals surface area contributed by atoms with Crippen LogP contribution < -0.4 is 5.32 Å². The Bertz CT molecular complexity index is 477. The van der Waals surface area contributed by atoms with Crippen LogP contribution in [0.25, 0.3) is 0 Å². The second-order valence-electron chi connectivity index (χ2n) is 5.38. The summed E-state index contributed by atoms with van der Waals surface area (Å²) in [5.74, 6) is -0.900. The van der Waals surface area contributed by atoms with Gasteiger partial charge in [0.2, 0.25) is 5.76 Å². The molecule has 0 aromatic carbocycles. The molecular weight excluding hydrogens is 248 g/mol. The van der Waals surface area contributed by atoms with Gasteiger partial charge in [-0.25, -0.2) is 4.79 Å². The lowest BCUT2D eigenvalue weighted by atomic mass is 10.0. The highest BCUT2D eigenvalue weighted by Crippen LogP contribution is 2.39. The molecular formula is C13H18N2O4. The van der Waals surface area contributed by atoms with Crippen LogP contribution >= 0.6 is 0 Å². The zero-order valence-electron chi connectivity index (χ0n) is 11.0. The SMILES string of the molecule is CC(C)CC(NC(=O)c1cc(C2CC2)no1)C(=O)O. The number of aromatic nitrogens is 1. The summed E-state index contributed by atoms with van der Waals surface area (Å²) in [7, 11) is 0. The fourth-order valence-corrected chi connectivity index (χ4v) is 1.89. The molecule has 1 saturated carbocycles. The van der Waals surface area contributed by atoms with Crippen molar-refractivity contribution >= 4 is 11.9 Å². The summed E-state index contributed by atoms with van der Waals surface area (Å²) in [5.41, 5.74) is 0.779. The molecule has 1 unspecified atom stereocenters. The van der Waals surface area contributed by atoms with Crippen molar-refractivity contribution in [2.24, 2.45) is 5.92 Å². The first kappa shape index (κ1) is 13.6. The highest BCUT2D eigenvalue weighted by molar-refractivity contribution is 5.94. The molecule has 6 nitrogen and oxygen atoms in total. The summed E-state index contributed by atoms with van der Waals surface area (Å²) >= 11 is 0. The number of carboxylic acids is 1. The third kappa shape index (κ3) is 3.56. The molecule has 0 saturated heterocycles. The molecule has 1 atom stereocenters. The van der Waals surface area contributed by atoms with E-state index in [0.717, 1.165) is 18.5 Å². The zero-order valence-corrected chi connectivity index (χ0v) is 11.0. The summed E-state index contributed by atoms with van der Waals surface area (Å²) in [4.78, 5) is 23.0. The summed E-state index contributed by atoms with van der Waals surface area (Å²) < 4.78 is 4.96. The Balaban J connectivity index is 1.98. The van der Waals surface area contributed by atoms with Crippen molar-refractivity contribution in [3.8, 4) is 0 Å². The first-order valence-corrected chi connectivity index (χ1v) is 6.47. The van der Waals surface area contributed by atoms with Gasteiger partial charge in [0.05, 0.1) is 5.69 Å². The van der Waals surface area contributed by atoms with Crippen LogP contribution in [0.2, 0.25) is 0 Å². The number of nitrogens with one attached hydrogen (secondary N) is 1. The van der Waals surface area contributed by atoms with Crippen LogP contribution in [-0.2, 0) is 4.79 Å². The molecule has 2 rings (SSSR count). The van der Waals surface area contributed by atoms with Crippen molar-refractivity contribution < 1.29 is 19.2 Å². The Morgan fingerprint density at radius 1 is 1.53 bits per heavy atom. The molecule has 1 amide bonds. The standard InChI is InChI=1S/C13H18N2O4/c1-7(2)5-10(13(17)18)14-12(16)11-6-9(15-19-11)8-3-4-8/h6-8,10H,3-5H2,1-2H3,(H,14,16)(H,17,18). The van der Waals surface area contributed by atoms with E-state index < -0.39 is 17.9 Å². The molecule has 6 heteroatoms. The number of hydrogen-bond donors (Lipinski definition) is 2. The topological polar surface area (TPSA) is 92.4 Å². The first-order valence-electron chi connectivity index (χ1n) is 6.47. The molecule has 0 spiro atoms. The zero-order chi connectivity index (χ0) is 14.0. The lowest BCUT2D eigenvalue weighted by Gasteiger charge is -2.15. The monoisotopic (exact) mass is 266 g/mol. The average Bonchev–Trinajstić information content (AvgIpc) is 3.05. The normalized spacial score (nSPS) is 16.4. The third-order valence-electron chi connectivity index (χ3n) is 3.06. The maximum absolute atomic E-state index is 11.9. The Kier molecular flexibility index (Phi) is 3.87. The van der Waals surface area contributed by atoms with E-state index in [2.05, 4.69) is 10.5 Å². The van der Waals surface area contributed by atoms with Gasteiger partial charge in [-0.15, -0.1) is 0 Å². The van der Waals surface area contributed by atoms with Crippen molar-refractivity contribution in [2.75, 3.05) is 0 Å². The lowest BCUT2D eigenvalue weighted by molar-refractivity contribution is -0.139. The van der Waals surface area contributed by atoms with Crippen molar-refractivity contribution in [1.82, 2.24) is 10.5 Å². The predicted molar refractivity (Wildman–Crippen MR) is 66.8 cm³/mol. The smallest absolute Gasteiger partial charge is 0.326 e. The predicted octanol–water partition coefficient (Wildman–Crippen LogP) is 1.78. The quantitative estimate of drug-likeness (QED) is 0.818. The van der Waals surface area contributed by atoms with E-state index in [9.17, 15) is 9.59 Å². The first-order chi connectivity index (χ1) is 8.97. The molecule has 104 valence electrons. The molecule has 1 aliphatic carbocycles. The van der Waals surface area contributed by atoms with E-state index in [4.69, 9.17) is 9.63 Å². The summed E-state index contributed by atoms with van der Waals surface area (Å²) in [6, 6.07) is 0.698. The fourth-order valence-electron chi connectivity index (χ4n) is 1.89. The molecule has 1 aromatic heterocycles. The average molecular weight is 266 g/mol. The molecule has 2 N–H and O–H groups in total. The summed E-state index contributed by atoms with van der Waals surface area (Å²) in [5, 5.41) is 15.4. The van der Waals surface area contributed by atoms with E-state index >= 15 is 0 Å². The largest absolute Gasteiger partial charge is 0.480 e. The van der Waals surface area contributed by atoms with Gasteiger partial charge in [0, 0.05) is 12.0 Å². The van der Waals surface area contributed by atoms with Crippen molar-refractivity contribution in [3.63, 3.8) is 0 Å². The highest BCUT2D eigenvalue weighted by atomic mass is 16.5. The molecule has 1 fully saturated rings. The van der Waals surface area contributed by atoms with Gasteiger partial charge in [-0.05, 0) is 25.2 Å². The number of amides is 1. The minimum absolute atomic E-state index is 0.0805. The fraction of sp³-hybridized carbons (Fsp3) is 0.615.